The average Bonchev–Trinajstić information content (AvgIpc) is 3.21. The maximum Gasteiger partial charge on any atom is 0.269 e. The maximum absolute atomic E-state index is 13.1. The molecule has 2 aliphatic rings. The summed E-state index contributed by atoms with van der Waals surface area (Å²) in [6, 6.07) is 14.1. The third-order valence-corrected chi connectivity index (χ3v) is 6.14. The molecule has 0 saturated carbocycles. The van der Waals surface area contributed by atoms with Gasteiger partial charge in [0.2, 0.25) is 11.8 Å². The van der Waals surface area contributed by atoms with Crippen molar-refractivity contribution in [2.75, 3.05) is 44.2 Å². The first-order valence-electron chi connectivity index (χ1n) is 11.2. The lowest BCUT2D eigenvalue weighted by atomic mass is 10.1. The molecule has 33 heavy (non-hydrogen) atoms. The summed E-state index contributed by atoms with van der Waals surface area (Å²) in [6.07, 6.45) is 0.202. The molecule has 9 heteroatoms. The van der Waals surface area contributed by atoms with Gasteiger partial charge in [-0.1, -0.05) is 24.3 Å². The number of hydrogen-bond donors (Lipinski definition) is 0. The van der Waals surface area contributed by atoms with Crippen molar-refractivity contribution in [3.63, 3.8) is 0 Å². The number of non-ortho nitro benzene ring substituents is 1. The fourth-order valence-electron chi connectivity index (χ4n) is 4.47. The molecule has 1 unspecified atom stereocenters. The van der Waals surface area contributed by atoms with Gasteiger partial charge in [-0.3, -0.25) is 24.6 Å². The van der Waals surface area contributed by atoms with E-state index in [4.69, 9.17) is 4.74 Å². The van der Waals surface area contributed by atoms with Crippen LogP contribution in [-0.2, 0) is 16.1 Å². The molecular weight excluding hydrogens is 424 g/mol. The molecule has 0 bridgehead atoms. The van der Waals surface area contributed by atoms with Crippen LogP contribution in [0.3, 0.4) is 0 Å². The summed E-state index contributed by atoms with van der Waals surface area (Å²) >= 11 is 0. The Balaban J connectivity index is 1.33. The van der Waals surface area contributed by atoms with Gasteiger partial charge in [0.05, 0.1) is 23.1 Å². The highest BCUT2D eigenvalue weighted by Gasteiger charge is 2.38. The lowest BCUT2D eigenvalue weighted by Gasteiger charge is -2.35. The summed E-state index contributed by atoms with van der Waals surface area (Å²) in [5, 5.41) is 11.0. The van der Waals surface area contributed by atoms with E-state index in [2.05, 4.69) is 4.90 Å². The monoisotopic (exact) mass is 452 g/mol. The lowest BCUT2D eigenvalue weighted by Crippen LogP contribution is -2.50. The SMILES string of the molecule is CCOc1ccccc1N1CC(C(=O)N2CCN(Cc3cccc([N+](=O)[O-])c3)CC2)CC1=O. The summed E-state index contributed by atoms with van der Waals surface area (Å²) in [5.74, 6) is 0.228. The number of hydrogen-bond acceptors (Lipinski definition) is 6. The Kier molecular flexibility index (Phi) is 6.88. The van der Waals surface area contributed by atoms with Crippen molar-refractivity contribution in [1.29, 1.82) is 0 Å². The summed E-state index contributed by atoms with van der Waals surface area (Å²) < 4.78 is 5.66. The Morgan fingerprint density at radius 2 is 1.88 bits per heavy atom. The normalized spacial score (nSPS) is 19.1. The molecule has 2 fully saturated rings. The van der Waals surface area contributed by atoms with Crippen LogP contribution in [-0.4, -0.2) is 65.9 Å². The van der Waals surface area contributed by atoms with Gasteiger partial charge in [-0.25, -0.2) is 0 Å². The summed E-state index contributed by atoms with van der Waals surface area (Å²) in [5.41, 5.74) is 1.68. The number of para-hydroxylation sites is 2. The van der Waals surface area contributed by atoms with E-state index in [-0.39, 0.29) is 34.8 Å². The summed E-state index contributed by atoms with van der Waals surface area (Å²) in [6.45, 7) is 5.89. The topological polar surface area (TPSA) is 96.2 Å². The number of carbonyl (C=O) groups is 2. The molecule has 0 radical (unpaired) electrons. The molecule has 0 N–H and O–H groups in total. The van der Waals surface area contributed by atoms with Crippen LogP contribution in [0.4, 0.5) is 11.4 Å². The molecule has 0 spiro atoms. The fourth-order valence-corrected chi connectivity index (χ4v) is 4.47. The van der Waals surface area contributed by atoms with Crippen molar-refractivity contribution in [2.24, 2.45) is 5.92 Å². The number of anilines is 1. The van der Waals surface area contributed by atoms with Gasteiger partial charge in [-0.15, -0.1) is 0 Å². The highest BCUT2D eigenvalue weighted by molar-refractivity contribution is 6.01. The van der Waals surface area contributed by atoms with Crippen molar-refractivity contribution in [1.82, 2.24) is 9.80 Å². The van der Waals surface area contributed by atoms with Gasteiger partial charge in [-0.05, 0) is 24.6 Å². The minimum absolute atomic E-state index is 0.00902. The highest BCUT2D eigenvalue weighted by atomic mass is 16.6. The molecule has 0 aliphatic carbocycles. The number of nitro groups is 1. The Labute approximate surface area is 192 Å². The standard InChI is InChI=1S/C24H28N4O5/c1-2-33-22-9-4-3-8-21(22)27-17-19(15-23(27)29)24(30)26-12-10-25(11-13-26)16-18-6-5-7-20(14-18)28(31)32/h3-9,14,19H,2,10-13,15-17H2,1H3. The number of rotatable bonds is 7. The van der Waals surface area contributed by atoms with Gasteiger partial charge in [0, 0.05) is 57.8 Å². The average molecular weight is 453 g/mol. The number of piperazine rings is 1. The molecule has 2 saturated heterocycles. The molecule has 2 aliphatic heterocycles. The van der Waals surface area contributed by atoms with Gasteiger partial charge in [-0.2, -0.15) is 0 Å². The lowest BCUT2D eigenvalue weighted by molar-refractivity contribution is -0.384. The third kappa shape index (κ3) is 5.14. The van der Waals surface area contributed by atoms with Crippen LogP contribution < -0.4 is 9.64 Å². The van der Waals surface area contributed by atoms with E-state index >= 15 is 0 Å². The number of amides is 2. The van der Waals surface area contributed by atoms with E-state index in [1.165, 1.54) is 6.07 Å². The maximum atomic E-state index is 13.1. The van der Waals surface area contributed by atoms with Crippen LogP contribution in [0.2, 0.25) is 0 Å². The van der Waals surface area contributed by atoms with Crippen LogP contribution in [0.1, 0.15) is 18.9 Å². The second-order valence-corrected chi connectivity index (χ2v) is 8.33. The zero-order valence-electron chi connectivity index (χ0n) is 18.7. The Morgan fingerprint density at radius 1 is 1.12 bits per heavy atom. The van der Waals surface area contributed by atoms with Crippen molar-refractivity contribution in [2.45, 2.75) is 19.9 Å². The van der Waals surface area contributed by atoms with Gasteiger partial charge in [0.25, 0.3) is 5.69 Å². The van der Waals surface area contributed by atoms with Crippen LogP contribution in [0, 0.1) is 16.0 Å². The van der Waals surface area contributed by atoms with E-state index in [1.807, 2.05) is 42.2 Å². The summed E-state index contributed by atoms with van der Waals surface area (Å²) in [7, 11) is 0. The third-order valence-electron chi connectivity index (χ3n) is 6.14. The van der Waals surface area contributed by atoms with Crippen molar-refractivity contribution in [3.8, 4) is 5.75 Å². The highest BCUT2D eigenvalue weighted by Crippen LogP contribution is 2.33. The first kappa shape index (κ1) is 22.7. The number of ether oxygens (including phenoxy) is 1. The van der Waals surface area contributed by atoms with Crippen LogP contribution in [0.25, 0.3) is 0 Å². The molecule has 2 heterocycles. The molecule has 9 nitrogen and oxygen atoms in total. The van der Waals surface area contributed by atoms with Gasteiger partial charge < -0.3 is 14.5 Å². The number of benzene rings is 2. The molecule has 2 amide bonds. The zero-order valence-corrected chi connectivity index (χ0v) is 18.7. The van der Waals surface area contributed by atoms with E-state index in [0.717, 1.165) is 5.56 Å². The Morgan fingerprint density at radius 3 is 2.61 bits per heavy atom. The predicted molar refractivity (Wildman–Crippen MR) is 123 cm³/mol. The van der Waals surface area contributed by atoms with Crippen LogP contribution >= 0.6 is 0 Å². The minimum Gasteiger partial charge on any atom is -0.492 e. The predicted octanol–water partition coefficient (Wildman–Crippen LogP) is 2.69. The molecule has 2 aromatic carbocycles. The van der Waals surface area contributed by atoms with Crippen molar-refractivity contribution >= 4 is 23.2 Å². The molecule has 0 aromatic heterocycles. The molecule has 1 atom stereocenters. The molecular formula is C24H28N4O5. The van der Waals surface area contributed by atoms with Gasteiger partial charge in [0.1, 0.15) is 5.75 Å². The molecule has 174 valence electrons. The molecule has 4 rings (SSSR count). The van der Waals surface area contributed by atoms with Crippen molar-refractivity contribution < 1.29 is 19.2 Å². The van der Waals surface area contributed by atoms with Crippen molar-refractivity contribution in [3.05, 3.63) is 64.2 Å². The largest absolute Gasteiger partial charge is 0.492 e. The van der Waals surface area contributed by atoms with Gasteiger partial charge in [0.15, 0.2) is 0 Å². The number of carbonyl (C=O) groups excluding carboxylic acids is 2. The van der Waals surface area contributed by atoms with E-state index in [9.17, 15) is 19.7 Å². The van der Waals surface area contributed by atoms with E-state index < -0.39 is 0 Å². The zero-order chi connectivity index (χ0) is 23.4. The van der Waals surface area contributed by atoms with Crippen LogP contribution in [0.5, 0.6) is 5.75 Å². The van der Waals surface area contributed by atoms with Gasteiger partial charge >= 0.3 is 0 Å². The number of nitro benzene ring substituents is 1. The smallest absolute Gasteiger partial charge is 0.269 e. The first-order chi connectivity index (χ1) is 16.0. The number of nitrogens with zero attached hydrogens (tertiary/aromatic N) is 4. The van der Waals surface area contributed by atoms with E-state index in [1.54, 1.807) is 17.0 Å². The minimum atomic E-state index is -0.390. The molecule has 2 aromatic rings. The summed E-state index contributed by atoms with van der Waals surface area (Å²) in [4.78, 5) is 42.1. The van der Waals surface area contributed by atoms with Crippen LogP contribution in [0.15, 0.2) is 48.5 Å². The Bertz CT molecular complexity index is 1040. The first-order valence-corrected chi connectivity index (χ1v) is 11.2. The van der Waals surface area contributed by atoms with E-state index in [0.29, 0.717) is 57.3 Å². The quantitative estimate of drug-likeness (QED) is 0.473. The second kappa shape index (κ2) is 9.99. The second-order valence-electron chi connectivity index (χ2n) is 8.33. The Hall–Kier alpha value is -3.46. The fraction of sp³-hybridized carbons (Fsp3) is 0.417.